The van der Waals surface area contributed by atoms with E-state index in [0.29, 0.717) is 12.1 Å². The minimum Gasteiger partial charge on any atom is -0.362 e. The summed E-state index contributed by atoms with van der Waals surface area (Å²) in [5.74, 6) is 0.241. The fourth-order valence-corrected chi connectivity index (χ4v) is 3.27. The van der Waals surface area contributed by atoms with Crippen LogP contribution in [0.3, 0.4) is 0 Å². The summed E-state index contributed by atoms with van der Waals surface area (Å²) in [7, 11) is 0. The SMILES string of the molecule is O=C1c2ccccc2N2C[C@H]2[C@@H]2CCCN12. The smallest absolute Gasteiger partial charge is 0.256 e. The van der Waals surface area contributed by atoms with Crippen LogP contribution < -0.4 is 4.90 Å². The number of fused-ring (bicyclic) bond motifs is 5. The average molecular weight is 214 g/mol. The van der Waals surface area contributed by atoms with E-state index >= 15 is 0 Å². The third-order valence-electron chi connectivity index (χ3n) is 4.10. The number of hydrogen-bond acceptors (Lipinski definition) is 2. The van der Waals surface area contributed by atoms with Gasteiger partial charge >= 0.3 is 0 Å². The van der Waals surface area contributed by atoms with Gasteiger partial charge in [-0.25, -0.2) is 0 Å². The molecule has 0 saturated carbocycles. The number of benzene rings is 1. The van der Waals surface area contributed by atoms with Crippen LogP contribution in [-0.2, 0) is 0 Å². The van der Waals surface area contributed by atoms with E-state index in [1.165, 1.54) is 12.8 Å². The van der Waals surface area contributed by atoms with Crippen molar-refractivity contribution >= 4 is 11.6 Å². The molecule has 3 aliphatic rings. The minimum atomic E-state index is 0.241. The van der Waals surface area contributed by atoms with E-state index in [9.17, 15) is 4.79 Å². The normalized spacial score (nSPS) is 30.6. The molecule has 16 heavy (non-hydrogen) atoms. The van der Waals surface area contributed by atoms with E-state index in [2.05, 4.69) is 15.9 Å². The molecule has 2 atom stereocenters. The van der Waals surface area contributed by atoms with Crippen molar-refractivity contribution in [3.8, 4) is 0 Å². The fourth-order valence-electron chi connectivity index (χ4n) is 3.27. The third kappa shape index (κ3) is 0.958. The zero-order chi connectivity index (χ0) is 10.7. The Kier molecular flexibility index (Phi) is 1.50. The highest BCUT2D eigenvalue weighted by Gasteiger charge is 2.50. The first-order valence-electron chi connectivity index (χ1n) is 6.03. The predicted molar refractivity (Wildman–Crippen MR) is 61.6 cm³/mol. The van der Waals surface area contributed by atoms with Gasteiger partial charge in [0.15, 0.2) is 0 Å². The van der Waals surface area contributed by atoms with E-state index in [1.54, 1.807) is 0 Å². The molecule has 3 aliphatic heterocycles. The summed E-state index contributed by atoms with van der Waals surface area (Å²) in [4.78, 5) is 16.9. The predicted octanol–water partition coefficient (Wildman–Crippen LogP) is 1.49. The Labute approximate surface area is 94.6 Å². The van der Waals surface area contributed by atoms with Crippen LogP contribution in [0.1, 0.15) is 23.2 Å². The van der Waals surface area contributed by atoms with Crippen molar-refractivity contribution in [2.45, 2.75) is 24.9 Å². The number of hydrogen-bond donors (Lipinski definition) is 0. The third-order valence-corrected chi connectivity index (χ3v) is 4.10. The maximum atomic E-state index is 12.4. The van der Waals surface area contributed by atoms with Crippen molar-refractivity contribution in [2.75, 3.05) is 18.0 Å². The quantitative estimate of drug-likeness (QED) is 0.611. The highest BCUT2D eigenvalue weighted by Crippen LogP contribution is 2.41. The second-order valence-corrected chi connectivity index (χ2v) is 4.94. The lowest BCUT2D eigenvalue weighted by Crippen LogP contribution is -2.38. The van der Waals surface area contributed by atoms with Crippen molar-refractivity contribution in [3.63, 3.8) is 0 Å². The van der Waals surface area contributed by atoms with E-state index in [-0.39, 0.29) is 5.91 Å². The molecular weight excluding hydrogens is 200 g/mol. The highest BCUT2D eigenvalue weighted by molar-refractivity contribution is 6.01. The Morgan fingerprint density at radius 1 is 1.12 bits per heavy atom. The molecule has 4 rings (SSSR count). The van der Waals surface area contributed by atoms with E-state index in [0.717, 1.165) is 24.3 Å². The van der Waals surface area contributed by atoms with Crippen LogP contribution in [0.25, 0.3) is 0 Å². The van der Waals surface area contributed by atoms with Crippen LogP contribution in [-0.4, -0.2) is 36.0 Å². The lowest BCUT2D eigenvalue weighted by atomic mass is 10.1. The summed E-state index contributed by atoms with van der Waals surface area (Å²) >= 11 is 0. The number of carbonyl (C=O) groups is 1. The first-order valence-corrected chi connectivity index (χ1v) is 6.03. The average Bonchev–Trinajstić information content (AvgIpc) is 2.98. The van der Waals surface area contributed by atoms with Crippen LogP contribution in [0.5, 0.6) is 0 Å². The summed E-state index contributed by atoms with van der Waals surface area (Å²) in [6.07, 6.45) is 2.35. The zero-order valence-corrected chi connectivity index (χ0v) is 9.10. The van der Waals surface area contributed by atoms with Crippen LogP contribution in [0.4, 0.5) is 5.69 Å². The summed E-state index contributed by atoms with van der Waals surface area (Å²) in [6.45, 7) is 2.08. The van der Waals surface area contributed by atoms with Crippen LogP contribution in [0.15, 0.2) is 24.3 Å². The highest BCUT2D eigenvalue weighted by atomic mass is 16.2. The first kappa shape index (κ1) is 8.62. The zero-order valence-electron chi connectivity index (χ0n) is 9.10. The summed E-state index contributed by atoms with van der Waals surface area (Å²) in [5.41, 5.74) is 2.04. The molecule has 2 fully saturated rings. The monoisotopic (exact) mass is 214 g/mol. The molecule has 1 aromatic rings. The Balaban J connectivity index is 1.88. The van der Waals surface area contributed by atoms with E-state index in [4.69, 9.17) is 0 Å². The number of carbonyl (C=O) groups excluding carboxylic acids is 1. The molecule has 0 radical (unpaired) electrons. The number of para-hydroxylation sites is 1. The van der Waals surface area contributed by atoms with Crippen LogP contribution in [0.2, 0.25) is 0 Å². The second-order valence-electron chi connectivity index (χ2n) is 4.94. The van der Waals surface area contributed by atoms with Gasteiger partial charge in [-0.1, -0.05) is 12.1 Å². The molecule has 3 nitrogen and oxygen atoms in total. The standard InChI is InChI=1S/C13H14N2O/c16-13-9-4-1-2-5-10(9)15-8-12(15)11-6-3-7-14(11)13/h1-2,4-5,11-12H,3,6-8H2/t11-,12-,15?/m0/s1. The number of amides is 1. The Hall–Kier alpha value is -1.51. The molecule has 0 spiro atoms. The largest absolute Gasteiger partial charge is 0.362 e. The van der Waals surface area contributed by atoms with Gasteiger partial charge < -0.3 is 9.80 Å². The van der Waals surface area contributed by atoms with E-state index in [1.807, 2.05) is 18.2 Å². The van der Waals surface area contributed by atoms with Crippen molar-refractivity contribution in [2.24, 2.45) is 0 Å². The second kappa shape index (κ2) is 2.78. The van der Waals surface area contributed by atoms with Gasteiger partial charge in [-0.3, -0.25) is 4.79 Å². The molecule has 82 valence electrons. The van der Waals surface area contributed by atoms with Gasteiger partial charge in [-0.2, -0.15) is 0 Å². The molecule has 0 bridgehead atoms. The minimum absolute atomic E-state index is 0.241. The molecule has 3 heteroatoms. The molecular formula is C13H14N2O. The van der Waals surface area contributed by atoms with Gasteiger partial charge in [0.25, 0.3) is 5.91 Å². The Morgan fingerprint density at radius 2 is 2.00 bits per heavy atom. The lowest BCUT2D eigenvalue weighted by Gasteiger charge is -2.22. The van der Waals surface area contributed by atoms with Gasteiger partial charge in [0.2, 0.25) is 0 Å². The first-order chi connectivity index (χ1) is 7.86. The van der Waals surface area contributed by atoms with Crippen molar-refractivity contribution < 1.29 is 4.79 Å². The van der Waals surface area contributed by atoms with Crippen molar-refractivity contribution in [1.29, 1.82) is 0 Å². The maximum Gasteiger partial charge on any atom is 0.256 e. The van der Waals surface area contributed by atoms with Gasteiger partial charge in [0.1, 0.15) is 0 Å². The number of anilines is 1. The maximum absolute atomic E-state index is 12.4. The molecule has 2 saturated heterocycles. The molecule has 0 aliphatic carbocycles. The number of nitrogens with zero attached hydrogens (tertiary/aromatic N) is 2. The van der Waals surface area contributed by atoms with Gasteiger partial charge in [0.05, 0.1) is 17.6 Å². The molecule has 3 heterocycles. The Bertz CT molecular complexity index is 471. The topological polar surface area (TPSA) is 23.3 Å². The Morgan fingerprint density at radius 3 is 2.94 bits per heavy atom. The molecule has 0 unspecified atom stereocenters. The lowest BCUT2D eigenvalue weighted by molar-refractivity contribution is 0.0742. The van der Waals surface area contributed by atoms with Gasteiger partial charge in [-0.15, -0.1) is 0 Å². The molecule has 1 aromatic carbocycles. The van der Waals surface area contributed by atoms with Gasteiger partial charge in [-0.05, 0) is 25.0 Å². The molecule has 0 N–H and O–H groups in total. The van der Waals surface area contributed by atoms with Crippen molar-refractivity contribution in [1.82, 2.24) is 4.90 Å². The number of rotatable bonds is 0. The summed E-state index contributed by atoms with van der Waals surface area (Å²) in [6, 6.07) is 9.10. The molecule has 0 aromatic heterocycles. The van der Waals surface area contributed by atoms with Gasteiger partial charge in [0, 0.05) is 18.8 Å². The van der Waals surface area contributed by atoms with E-state index < -0.39 is 0 Å². The van der Waals surface area contributed by atoms with Crippen LogP contribution >= 0.6 is 0 Å². The molecule has 1 amide bonds. The summed E-state index contributed by atoms with van der Waals surface area (Å²) in [5, 5.41) is 0. The summed E-state index contributed by atoms with van der Waals surface area (Å²) < 4.78 is 0. The van der Waals surface area contributed by atoms with Crippen LogP contribution in [0, 0.1) is 0 Å². The van der Waals surface area contributed by atoms with Crippen molar-refractivity contribution in [3.05, 3.63) is 29.8 Å². The fraction of sp³-hybridized carbons (Fsp3) is 0.462.